The van der Waals surface area contributed by atoms with Crippen LogP contribution in [0, 0.1) is 13.8 Å². The highest BCUT2D eigenvalue weighted by molar-refractivity contribution is 5.92. The minimum atomic E-state index is -0.841. The van der Waals surface area contributed by atoms with E-state index in [1.807, 2.05) is 6.92 Å². The number of amides is 1. The van der Waals surface area contributed by atoms with Crippen LogP contribution in [0.25, 0.3) is 0 Å². The third kappa shape index (κ3) is 3.92. The SMILES string of the molecule is Cc1cc(C(=O)N[C@@]2(C)CCOC3(CCN(Cc4noc(C)n4)CC3)[C@@H]2O)on1. The first-order valence-electron chi connectivity index (χ1n) is 9.89. The molecule has 0 aromatic carbocycles. The lowest BCUT2D eigenvalue weighted by molar-refractivity contribution is -0.206. The molecule has 0 radical (unpaired) electrons. The average molecular weight is 405 g/mol. The zero-order valence-electron chi connectivity index (χ0n) is 17.0. The molecule has 10 nitrogen and oxygen atoms in total. The molecular weight excluding hydrogens is 378 g/mol. The van der Waals surface area contributed by atoms with E-state index in [9.17, 15) is 9.90 Å². The first-order chi connectivity index (χ1) is 13.8. The number of carbonyl (C=O) groups is 1. The number of hydrogen-bond donors (Lipinski definition) is 2. The smallest absolute Gasteiger partial charge is 0.290 e. The summed E-state index contributed by atoms with van der Waals surface area (Å²) in [4.78, 5) is 19.0. The molecule has 2 aromatic heterocycles. The number of aliphatic hydroxyl groups excluding tert-OH is 1. The first-order valence-corrected chi connectivity index (χ1v) is 9.89. The number of hydrogen-bond acceptors (Lipinski definition) is 9. The number of piperidine rings is 1. The van der Waals surface area contributed by atoms with Gasteiger partial charge in [0.25, 0.3) is 5.91 Å². The maximum atomic E-state index is 12.6. The fourth-order valence-corrected chi connectivity index (χ4v) is 4.30. The third-order valence-electron chi connectivity index (χ3n) is 6.00. The molecule has 0 unspecified atom stereocenters. The Morgan fingerprint density at radius 2 is 2.03 bits per heavy atom. The van der Waals surface area contributed by atoms with Crippen molar-refractivity contribution in [1.29, 1.82) is 0 Å². The summed E-state index contributed by atoms with van der Waals surface area (Å²) in [5.74, 6) is 0.965. The van der Waals surface area contributed by atoms with E-state index in [2.05, 4.69) is 25.5 Å². The number of nitrogens with one attached hydrogen (secondary N) is 1. The third-order valence-corrected chi connectivity index (χ3v) is 6.00. The Morgan fingerprint density at radius 3 is 2.66 bits per heavy atom. The van der Waals surface area contributed by atoms with Crippen LogP contribution < -0.4 is 5.32 Å². The van der Waals surface area contributed by atoms with Gasteiger partial charge >= 0.3 is 0 Å². The van der Waals surface area contributed by atoms with E-state index in [0.717, 1.165) is 13.1 Å². The summed E-state index contributed by atoms with van der Waals surface area (Å²) in [6, 6.07) is 1.58. The van der Waals surface area contributed by atoms with Crippen LogP contribution in [0.5, 0.6) is 0 Å². The van der Waals surface area contributed by atoms with Gasteiger partial charge in [0.05, 0.1) is 23.4 Å². The van der Waals surface area contributed by atoms with Crippen LogP contribution in [0.2, 0.25) is 0 Å². The van der Waals surface area contributed by atoms with Gasteiger partial charge in [-0.25, -0.2) is 0 Å². The summed E-state index contributed by atoms with van der Waals surface area (Å²) < 4.78 is 16.2. The molecule has 158 valence electrons. The van der Waals surface area contributed by atoms with Crippen LogP contribution in [-0.4, -0.2) is 68.2 Å². The van der Waals surface area contributed by atoms with E-state index in [-0.39, 0.29) is 11.7 Å². The van der Waals surface area contributed by atoms with E-state index < -0.39 is 17.2 Å². The minimum absolute atomic E-state index is 0.140. The van der Waals surface area contributed by atoms with Crippen molar-refractivity contribution in [2.45, 2.75) is 63.8 Å². The molecule has 2 aliphatic rings. The van der Waals surface area contributed by atoms with E-state index in [0.29, 0.717) is 49.8 Å². The summed E-state index contributed by atoms with van der Waals surface area (Å²) in [7, 11) is 0. The van der Waals surface area contributed by atoms with Gasteiger partial charge in [0.1, 0.15) is 6.10 Å². The zero-order valence-corrected chi connectivity index (χ0v) is 17.0. The molecule has 4 rings (SSSR count). The van der Waals surface area contributed by atoms with E-state index >= 15 is 0 Å². The molecule has 29 heavy (non-hydrogen) atoms. The predicted molar refractivity (Wildman–Crippen MR) is 100.0 cm³/mol. The average Bonchev–Trinajstić information content (AvgIpc) is 3.30. The van der Waals surface area contributed by atoms with Crippen LogP contribution in [-0.2, 0) is 11.3 Å². The topological polar surface area (TPSA) is 127 Å². The number of carbonyl (C=O) groups excluding carboxylic acids is 1. The molecule has 0 aliphatic carbocycles. The summed E-state index contributed by atoms with van der Waals surface area (Å²) in [5, 5.41) is 21.9. The molecule has 2 saturated heterocycles. The molecule has 4 heterocycles. The predicted octanol–water partition coefficient (Wildman–Crippen LogP) is 0.979. The molecule has 0 bridgehead atoms. The van der Waals surface area contributed by atoms with Crippen molar-refractivity contribution in [3.05, 3.63) is 29.2 Å². The lowest BCUT2D eigenvalue weighted by Crippen LogP contribution is -2.69. The number of aliphatic hydroxyl groups is 1. The number of nitrogens with zero attached hydrogens (tertiary/aromatic N) is 4. The largest absolute Gasteiger partial charge is 0.388 e. The second-order valence-electron chi connectivity index (χ2n) is 8.28. The molecule has 0 saturated carbocycles. The second kappa shape index (κ2) is 7.51. The molecule has 2 aromatic rings. The van der Waals surface area contributed by atoms with Crippen molar-refractivity contribution < 1.29 is 23.7 Å². The Morgan fingerprint density at radius 1 is 1.28 bits per heavy atom. The van der Waals surface area contributed by atoms with Gasteiger partial charge in [-0.3, -0.25) is 9.69 Å². The van der Waals surface area contributed by atoms with Crippen LogP contribution >= 0.6 is 0 Å². The Bertz CT molecular complexity index is 872. The lowest BCUT2D eigenvalue weighted by atomic mass is 9.73. The number of aromatic nitrogens is 3. The van der Waals surface area contributed by atoms with Crippen molar-refractivity contribution in [3.63, 3.8) is 0 Å². The number of likely N-dealkylation sites (tertiary alicyclic amines) is 1. The highest BCUT2D eigenvalue weighted by Gasteiger charge is 2.54. The summed E-state index contributed by atoms with van der Waals surface area (Å²) in [5.41, 5.74) is -0.877. The maximum Gasteiger partial charge on any atom is 0.290 e. The van der Waals surface area contributed by atoms with Crippen LogP contribution in [0.1, 0.15) is 54.2 Å². The van der Waals surface area contributed by atoms with E-state index in [4.69, 9.17) is 13.8 Å². The Kier molecular flexibility index (Phi) is 5.18. The molecule has 1 spiro atoms. The molecule has 2 atom stereocenters. The van der Waals surface area contributed by atoms with E-state index in [1.165, 1.54) is 0 Å². The van der Waals surface area contributed by atoms with Crippen LogP contribution in [0.15, 0.2) is 15.1 Å². The highest BCUT2D eigenvalue weighted by atomic mass is 16.5. The van der Waals surface area contributed by atoms with Gasteiger partial charge in [-0.2, -0.15) is 4.98 Å². The standard InChI is InChI=1S/C19H27N5O5/c1-12-10-14(29-22-12)16(25)21-18(3)6-9-27-19(17(18)26)4-7-24(8-5-19)11-15-20-13(2)28-23-15/h10,17,26H,4-9,11H2,1-3H3,(H,21,25)/t17-,18+/m1/s1. The Labute approximate surface area is 168 Å². The van der Waals surface area contributed by atoms with Gasteiger partial charge in [-0.05, 0) is 33.1 Å². The molecular formula is C19H27N5O5. The molecule has 2 N–H and O–H groups in total. The molecule has 1 amide bonds. The maximum absolute atomic E-state index is 12.6. The first kappa shape index (κ1) is 20.0. The number of rotatable bonds is 4. The zero-order chi connectivity index (χ0) is 20.6. The van der Waals surface area contributed by atoms with Gasteiger partial charge in [-0.15, -0.1) is 0 Å². The van der Waals surface area contributed by atoms with Crippen molar-refractivity contribution in [2.75, 3.05) is 19.7 Å². The monoisotopic (exact) mass is 405 g/mol. The van der Waals surface area contributed by atoms with Gasteiger partial charge in [0, 0.05) is 32.7 Å². The number of aryl methyl sites for hydroxylation is 2. The van der Waals surface area contributed by atoms with Gasteiger partial charge in [0.15, 0.2) is 5.82 Å². The van der Waals surface area contributed by atoms with Crippen molar-refractivity contribution in [3.8, 4) is 0 Å². The Hall–Kier alpha value is -2.30. The van der Waals surface area contributed by atoms with Crippen molar-refractivity contribution >= 4 is 5.91 Å². The van der Waals surface area contributed by atoms with Crippen LogP contribution in [0.4, 0.5) is 0 Å². The summed E-state index contributed by atoms with van der Waals surface area (Å²) >= 11 is 0. The fourth-order valence-electron chi connectivity index (χ4n) is 4.30. The van der Waals surface area contributed by atoms with Gasteiger partial charge in [0.2, 0.25) is 11.7 Å². The normalized spacial score (nSPS) is 27.2. The Balaban J connectivity index is 1.41. The summed E-state index contributed by atoms with van der Waals surface area (Å²) in [6.45, 7) is 7.91. The number of ether oxygens (including phenoxy) is 1. The van der Waals surface area contributed by atoms with Crippen molar-refractivity contribution in [2.24, 2.45) is 0 Å². The van der Waals surface area contributed by atoms with Gasteiger partial charge in [-0.1, -0.05) is 10.3 Å². The summed E-state index contributed by atoms with van der Waals surface area (Å²) in [6.07, 6.45) is 0.974. The highest BCUT2D eigenvalue weighted by Crippen LogP contribution is 2.40. The van der Waals surface area contributed by atoms with Crippen LogP contribution in [0.3, 0.4) is 0 Å². The second-order valence-corrected chi connectivity index (χ2v) is 8.28. The fraction of sp³-hybridized carbons (Fsp3) is 0.684. The minimum Gasteiger partial charge on any atom is -0.388 e. The van der Waals surface area contributed by atoms with Gasteiger partial charge < -0.3 is 24.2 Å². The molecule has 2 fully saturated rings. The molecule has 10 heteroatoms. The quantitative estimate of drug-likeness (QED) is 0.765. The lowest BCUT2D eigenvalue weighted by Gasteiger charge is -2.53. The molecule has 2 aliphatic heterocycles. The van der Waals surface area contributed by atoms with Crippen molar-refractivity contribution in [1.82, 2.24) is 25.5 Å². The van der Waals surface area contributed by atoms with E-state index in [1.54, 1.807) is 19.9 Å².